The van der Waals surface area contributed by atoms with Gasteiger partial charge in [0.15, 0.2) is 0 Å². The Bertz CT molecular complexity index is 156. The molecule has 0 spiro atoms. The summed E-state index contributed by atoms with van der Waals surface area (Å²) < 4.78 is 5.19. The van der Waals surface area contributed by atoms with Crippen molar-refractivity contribution in [2.45, 2.75) is 39.5 Å². The van der Waals surface area contributed by atoms with Crippen molar-refractivity contribution < 1.29 is 4.74 Å². The summed E-state index contributed by atoms with van der Waals surface area (Å²) in [6.07, 6.45) is 5.28. The van der Waals surface area contributed by atoms with Crippen molar-refractivity contribution in [1.29, 1.82) is 0 Å². The zero-order valence-electron chi connectivity index (χ0n) is 9.94. The van der Waals surface area contributed by atoms with Crippen LogP contribution in [0.2, 0.25) is 0 Å². The van der Waals surface area contributed by atoms with Gasteiger partial charge in [-0.05, 0) is 43.6 Å². The second-order valence-electron chi connectivity index (χ2n) is 4.85. The first kappa shape index (κ1) is 12.0. The summed E-state index contributed by atoms with van der Waals surface area (Å²) in [6, 6.07) is 0. The Balaban J connectivity index is 2.28. The molecule has 14 heavy (non-hydrogen) atoms. The molecule has 1 aliphatic rings. The van der Waals surface area contributed by atoms with E-state index in [2.05, 4.69) is 19.2 Å². The monoisotopic (exact) mass is 199 g/mol. The van der Waals surface area contributed by atoms with E-state index in [1.807, 2.05) is 0 Å². The first-order chi connectivity index (χ1) is 6.73. The third-order valence-electron chi connectivity index (χ3n) is 3.40. The molecule has 1 rings (SSSR count). The van der Waals surface area contributed by atoms with Crippen molar-refractivity contribution in [1.82, 2.24) is 5.32 Å². The molecule has 1 aliphatic carbocycles. The minimum Gasteiger partial charge on any atom is -0.385 e. The molecule has 0 aliphatic heterocycles. The van der Waals surface area contributed by atoms with Gasteiger partial charge in [-0.25, -0.2) is 0 Å². The number of ether oxygens (including phenoxy) is 1. The molecule has 1 fully saturated rings. The lowest BCUT2D eigenvalue weighted by molar-refractivity contribution is 0.129. The highest BCUT2D eigenvalue weighted by Gasteiger charge is 2.40. The summed E-state index contributed by atoms with van der Waals surface area (Å²) in [6.45, 7) is 7.84. The van der Waals surface area contributed by atoms with Crippen LogP contribution < -0.4 is 5.32 Å². The topological polar surface area (TPSA) is 21.3 Å². The Labute approximate surface area is 88.4 Å². The van der Waals surface area contributed by atoms with E-state index in [-0.39, 0.29) is 0 Å². The number of hydrogen-bond donors (Lipinski definition) is 1. The fourth-order valence-electron chi connectivity index (χ4n) is 2.10. The van der Waals surface area contributed by atoms with Crippen LogP contribution >= 0.6 is 0 Å². The van der Waals surface area contributed by atoms with Gasteiger partial charge in [-0.15, -0.1) is 0 Å². The van der Waals surface area contributed by atoms with Crippen LogP contribution in [0.15, 0.2) is 0 Å². The predicted octanol–water partition coefficient (Wildman–Crippen LogP) is 2.44. The molecule has 0 amide bonds. The van der Waals surface area contributed by atoms with Crippen molar-refractivity contribution in [2.75, 3.05) is 26.8 Å². The SMILES string of the molecule is CCCNCC(C)(CCOC)C1CC1. The molecule has 0 bridgehead atoms. The number of hydrogen-bond acceptors (Lipinski definition) is 2. The second kappa shape index (κ2) is 5.72. The fourth-order valence-corrected chi connectivity index (χ4v) is 2.10. The maximum absolute atomic E-state index is 5.19. The predicted molar refractivity (Wildman–Crippen MR) is 60.5 cm³/mol. The Morgan fingerprint density at radius 3 is 2.64 bits per heavy atom. The van der Waals surface area contributed by atoms with Crippen LogP contribution in [-0.4, -0.2) is 26.8 Å². The molecule has 1 unspecified atom stereocenters. The molecule has 0 saturated heterocycles. The Kier molecular flexibility index (Phi) is 4.90. The average Bonchev–Trinajstić information content (AvgIpc) is 2.98. The summed E-state index contributed by atoms with van der Waals surface area (Å²) in [5.74, 6) is 0.946. The highest BCUT2D eigenvalue weighted by atomic mass is 16.5. The smallest absolute Gasteiger partial charge is 0.0468 e. The van der Waals surface area contributed by atoms with Crippen LogP contribution in [0, 0.1) is 11.3 Å². The Morgan fingerprint density at radius 2 is 2.14 bits per heavy atom. The van der Waals surface area contributed by atoms with Gasteiger partial charge in [-0.3, -0.25) is 0 Å². The molecule has 84 valence electrons. The lowest BCUT2D eigenvalue weighted by Crippen LogP contribution is -2.35. The third-order valence-corrected chi connectivity index (χ3v) is 3.40. The average molecular weight is 199 g/mol. The largest absolute Gasteiger partial charge is 0.385 e. The first-order valence-electron chi connectivity index (χ1n) is 5.92. The molecule has 2 heteroatoms. The van der Waals surface area contributed by atoms with Crippen LogP contribution in [0.5, 0.6) is 0 Å². The van der Waals surface area contributed by atoms with Gasteiger partial charge in [0.05, 0.1) is 0 Å². The van der Waals surface area contributed by atoms with Gasteiger partial charge >= 0.3 is 0 Å². The van der Waals surface area contributed by atoms with Gasteiger partial charge in [0.1, 0.15) is 0 Å². The van der Waals surface area contributed by atoms with Crippen molar-refractivity contribution >= 4 is 0 Å². The van der Waals surface area contributed by atoms with Crippen LogP contribution in [0.3, 0.4) is 0 Å². The first-order valence-corrected chi connectivity index (χ1v) is 5.92. The molecular formula is C12H25NO. The van der Waals surface area contributed by atoms with Gasteiger partial charge in [0.25, 0.3) is 0 Å². The number of rotatable bonds is 8. The van der Waals surface area contributed by atoms with E-state index in [1.165, 1.54) is 25.7 Å². The third kappa shape index (κ3) is 3.58. The summed E-state index contributed by atoms with van der Waals surface area (Å²) in [5, 5.41) is 3.55. The highest BCUT2D eigenvalue weighted by Crippen LogP contribution is 2.47. The molecule has 1 atom stereocenters. The van der Waals surface area contributed by atoms with E-state index >= 15 is 0 Å². The van der Waals surface area contributed by atoms with E-state index in [0.717, 1.165) is 25.6 Å². The van der Waals surface area contributed by atoms with Crippen molar-refractivity contribution in [3.8, 4) is 0 Å². The van der Waals surface area contributed by atoms with Crippen molar-refractivity contribution in [3.05, 3.63) is 0 Å². The molecule has 0 aromatic heterocycles. The van der Waals surface area contributed by atoms with Crippen LogP contribution in [0.25, 0.3) is 0 Å². The molecule has 2 nitrogen and oxygen atoms in total. The molecule has 0 radical (unpaired) electrons. The summed E-state index contributed by atoms with van der Waals surface area (Å²) in [7, 11) is 1.80. The van der Waals surface area contributed by atoms with Crippen LogP contribution in [-0.2, 0) is 4.74 Å². The van der Waals surface area contributed by atoms with E-state index in [0.29, 0.717) is 5.41 Å². The van der Waals surface area contributed by atoms with Crippen molar-refractivity contribution in [2.24, 2.45) is 11.3 Å². The van der Waals surface area contributed by atoms with Gasteiger partial charge < -0.3 is 10.1 Å². The van der Waals surface area contributed by atoms with Crippen molar-refractivity contribution in [3.63, 3.8) is 0 Å². The lowest BCUT2D eigenvalue weighted by atomic mass is 9.81. The minimum absolute atomic E-state index is 0.477. The van der Waals surface area contributed by atoms with Crippen LogP contribution in [0.4, 0.5) is 0 Å². The fraction of sp³-hybridized carbons (Fsp3) is 1.00. The van der Waals surface area contributed by atoms with E-state index < -0.39 is 0 Å². The van der Waals surface area contributed by atoms with Gasteiger partial charge in [0.2, 0.25) is 0 Å². The zero-order chi connectivity index (χ0) is 10.4. The number of methoxy groups -OCH3 is 1. The van der Waals surface area contributed by atoms with Gasteiger partial charge in [0, 0.05) is 20.3 Å². The Hall–Kier alpha value is -0.0800. The standard InChI is InChI=1S/C12H25NO/c1-4-8-13-10-12(2,7-9-14-3)11-5-6-11/h11,13H,4-10H2,1-3H3. The Morgan fingerprint density at radius 1 is 1.43 bits per heavy atom. The van der Waals surface area contributed by atoms with E-state index in [9.17, 15) is 0 Å². The van der Waals surface area contributed by atoms with E-state index in [4.69, 9.17) is 4.74 Å². The van der Waals surface area contributed by atoms with E-state index in [1.54, 1.807) is 7.11 Å². The van der Waals surface area contributed by atoms with Gasteiger partial charge in [-0.2, -0.15) is 0 Å². The summed E-state index contributed by atoms with van der Waals surface area (Å²) in [4.78, 5) is 0. The van der Waals surface area contributed by atoms with Gasteiger partial charge in [-0.1, -0.05) is 13.8 Å². The zero-order valence-corrected chi connectivity index (χ0v) is 9.94. The summed E-state index contributed by atoms with van der Waals surface area (Å²) in [5.41, 5.74) is 0.477. The molecule has 1 saturated carbocycles. The molecule has 0 heterocycles. The molecule has 0 aromatic rings. The number of nitrogens with one attached hydrogen (secondary N) is 1. The molecule has 1 N–H and O–H groups in total. The quantitative estimate of drug-likeness (QED) is 0.606. The lowest BCUT2D eigenvalue weighted by Gasteiger charge is -2.30. The summed E-state index contributed by atoms with van der Waals surface area (Å²) >= 11 is 0. The van der Waals surface area contributed by atoms with Crippen LogP contribution in [0.1, 0.15) is 39.5 Å². The highest BCUT2D eigenvalue weighted by molar-refractivity contribution is 4.92. The molecular weight excluding hydrogens is 174 g/mol. The second-order valence-corrected chi connectivity index (χ2v) is 4.85. The normalized spacial score (nSPS) is 20.8. The minimum atomic E-state index is 0.477. The maximum atomic E-state index is 5.19. The molecule has 0 aromatic carbocycles. The maximum Gasteiger partial charge on any atom is 0.0468 e.